The molecule has 2 N–H and O–H groups in total. The van der Waals surface area contributed by atoms with Gasteiger partial charge in [0.25, 0.3) is 0 Å². The Hall–Kier alpha value is -1.51. The number of hydrogen-bond acceptors (Lipinski definition) is 7. The predicted molar refractivity (Wildman–Crippen MR) is 99.4 cm³/mol. The number of anilines is 1. The van der Waals surface area contributed by atoms with Crippen LogP contribution in [0.25, 0.3) is 0 Å². The Kier molecular flexibility index (Phi) is 8.14. The highest BCUT2D eigenvalue weighted by molar-refractivity contribution is 8.01. The van der Waals surface area contributed by atoms with Gasteiger partial charge in [-0.05, 0) is 30.7 Å². The second-order valence-corrected chi connectivity index (χ2v) is 7.38. The summed E-state index contributed by atoms with van der Waals surface area (Å²) in [4.78, 5) is 11.8. The Morgan fingerprint density at radius 2 is 2.08 bits per heavy atom. The normalized spacial score (nSPS) is 10.4. The lowest BCUT2D eigenvalue weighted by Crippen LogP contribution is -2.29. The molecule has 6 nitrogen and oxygen atoms in total. The first kappa shape index (κ1) is 18.8. The zero-order valence-electron chi connectivity index (χ0n) is 13.3. The van der Waals surface area contributed by atoms with Gasteiger partial charge in [-0.15, -0.1) is 10.2 Å². The van der Waals surface area contributed by atoms with Gasteiger partial charge in [-0.2, -0.15) is 0 Å². The lowest BCUT2D eigenvalue weighted by Gasteiger charge is -2.07. The summed E-state index contributed by atoms with van der Waals surface area (Å²) >= 11 is 8.63. The van der Waals surface area contributed by atoms with E-state index < -0.39 is 0 Å². The molecule has 0 unspecified atom stereocenters. The van der Waals surface area contributed by atoms with E-state index in [0.717, 1.165) is 28.2 Å². The van der Waals surface area contributed by atoms with Gasteiger partial charge in [0.1, 0.15) is 12.4 Å². The third-order valence-electron chi connectivity index (χ3n) is 2.77. The van der Waals surface area contributed by atoms with Crippen LogP contribution < -0.4 is 15.4 Å². The number of amides is 1. The summed E-state index contributed by atoms with van der Waals surface area (Å²) in [7, 11) is 0. The van der Waals surface area contributed by atoms with Gasteiger partial charge in [-0.25, -0.2) is 0 Å². The molecule has 0 saturated carbocycles. The van der Waals surface area contributed by atoms with Crippen LogP contribution in [0.3, 0.4) is 0 Å². The van der Waals surface area contributed by atoms with E-state index in [-0.39, 0.29) is 5.91 Å². The Balaban J connectivity index is 1.59. The number of nitrogens with zero attached hydrogens (tertiary/aromatic N) is 2. The third-order valence-corrected chi connectivity index (χ3v) is 5.03. The van der Waals surface area contributed by atoms with Crippen LogP contribution in [-0.2, 0) is 4.79 Å². The average molecular weight is 387 g/mol. The van der Waals surface area contributed by atoms with Crippen LogP contribution in [0.15, 0.2) is 28.6 Å². The smallest absolute Gasteiger partial charge is 0.230 e. The number of aromatic nitrogens is 2. The molecular formula is C15H19ClN4O2S2. The first-order valence-electron chi connectivity index (χ1n) is 7.52. The van der Waals surface area contributed by atoms with Crippen molar-refractivity contribution in [3.8, 4) is 5.75 Å². The van der Waals surface area contributed by atoms with Crippen LogP contribution >= 0.6 is 34.7 Å². The summed E-state index contributed by atoms with van der Waals surface area (Å²) < 4.78 is 6.29. The lowest BCUT2D eigenvalue weighted by molar-refractivity contribution is -0.118. The number of thioether (sulfide) groups is 1. The van der Waals surface area contributed by atoms with E-state index in [1.807, 2.05) is 0 Å². The average Bonchev–Trinajstić information content (AvgIpc) is 3.04. The minimum Gasteiger partial charge on any atom is -0.492 e. The standard InChI is InChI=1S/C15H19ClN4O2S2/c1-2-7-18-14-19-20-15(24-14)23-10-13(21)17-8-9-22-12-5-3-11(16)4-6-12/h3-6H,2,7-10H2,1H3,(H,17,21)(H,18,19). The highest BCUT2D eigenvalue weighted by Crippen LogP contribution is 2.25. The summed E-state index contributed by atoms with van der Waals surface area (Å²) in [5, 5.41) is 15.5. The number of hydrogen-bond donors (Lipinski definition) is 2. The summed E-state index contributed by atoms with van der Waals surface area (Å²) in [6.45, 7) is 3.81. The van der Waals surface area contributed by atoms with E-state index >= 15 is 0 Å². The molecule has 1 heterocycles. The van der Waals surface area contributed by atoms with Crippen molar-refractivity contribution in [1.29, 1.82) is 0 Å². The molecular weight excluding hydrogens is 368 g/mol. The van der Waals surface area contributed by atoms with Crippen LogP contribution in [-0.4, -0.2) is 41.6 Å². The van der Waals surface area contributed by atoms with Crippen molar-refractivity contribution >= 4 is 45.7 Å². The molecule has 0 spiro atoms. The molecule has 1 amide bonds. The van der Waals surface area contributed by atoms with Gasteiger partial charge in [-0.1, -0.05) is 41.6 Å². The lowest BCUT2D eigenvalue weighted by atomic mass is 10.3. The van der Waals surface area contributed by atoms with Gasteiger partial charge in [0.15, 0.2) is 4.34 Å². The fourth-order valence-electron chi connectivity index (χ4n) is 1.64. The third kappa shape index (κ3) is 6.94. The molecule has 0 aliphatic heterocycles. The summed E-state index contributed by atoms with van der Waals surface area (Å²) in [5.74, 6) is 0.977. The van der Waals surface area contributed by atoms with E-state index in [2.05, 4.69) is 27.8 Å². The van der Waals surface area contributed by atoms with Crippen molar-refractivity contribution in [3.63, 3.8) is 0 Å². The summed E-state index contributed by atoms with van der Waals surface area (Å²) in [6, 6.07) is 7.11. The van der Waals surface area contributed by atoms with Crippen LogP contribution in [0.4, 0.5) is 5.13 Å². The maximum absolute atomic E-state index is 11.8. The van der Waals surface area contributed by atoms with Crippen LogP contribution in [0.5, 0.6) is 5.75 Å². The first-order chi connectivity index (χ1) is 11.7. The highest BCUT2D eigenvalue weighted by atomic mass is 35.5. The molecule has 24 heavy (non-hydrogen) atoms. The maximum atomic E-state index is 11.8. The van der Waals surface area contributed by atoms with Crippen molar-refractivity contribution in [2.75, 3.05) is 30.8 Å². The van der Waals surface area contributed by atoms with E-state index in [1.54, 1.807) is 24.3 Å². The number of benzene rings is 1. The minimum atomic E-state index is -0.0574. The maximum Gasteiger partial charge on any atom is 0.230 e. The van der Waals surface area contributed by atoms with Crippen molar-refractivity contribution in [1.82, 2.24) is 15.5 Å². The van der Waals surface area contributed by atoms with Crippen molar-refractivity contribution in [3.05, 3.63) is 29.3 Å². The molecule has 0 atom stereocenters. The van der Waals surface area contributed by atoms with Gasteiger partial charge >= 0.3 is 0 Å². The van der Waals surface area contributed by atoms with Gasteiger partial charge in [0, 0.05) is 11.6 Å². The number of halogens is 1. The fraction of sp³-hybridized carbons (Fsp3) is 0.400. The minimum absolute atomic E-state index is 0.0574. The molecule has 0 fully saturated rings. The summed E-state index contributed by atoms with van der Waals surface area (Å²) in [5.41, 5.74) is 0. The Bertz CT molecular complexity index is 637. The predicted octanol–water partition coefficient (Wildman–Crippen LogP) is 3.30. The van der Waals surface area contributed by atoms with Crippen molar-refractivity contribution in [2.24, 2.45) is 0 Å². The second-order valence-electron chi connectivity index (χ2n) is 4.74. The number of carbonyl (C=O) groups excluding carboxylic acids is 1. The molecule has 9 heteroatoms. The van der Waals surface area contributed by atoms with Crippen LogP contribution in [0.2, 0.25) is 5.02 Å². The first-order valence-corrected chi connectivity index (χ1v) is 9.70. The second kappa shape index (κ2) is 10.4. The molecule has 0 radical (unpaired) electrons. The monoisotopic (exact) mass is 386 g/mol. The Morgan fingerprint density at radius 1 is 1.29 bits per heavy atom. The summed E-state index contributed by atoms with van der Waals surface area (Å²) in [6.07, 6.45) is 1.03. The number of nitrogens with one attached hydrogen (secondary N) is 2. The molecule has 0 aliphatic carbocycles. The number of rotatable bonds is 10. The van der Waals surface area contributed by atoms with Gasteiger partial charge in [0.05, 0.1) is 12.3 Å². The molecule has 0 bridgehead atoms. The fourth-order valence-corrected chi connectivity index (χ4v) is 3.37. The molecule has 130 valence electrons. The number of carbonyl (C=O) groups is 1. The molecule has 0 saturated heterocycles. The zero-order valence-corrected chi connectivity index (χ0v) is 15.6. The van der Waals surface area contributed by atoms with Gasteiger partial charge in [-0.3, -0.25) is 4.79 Å². The zero-order chi connectivity index (χ0) is 17.2. The van der Waals surface area contributed by atoms with E-state index in [0.29, 0.717) is 23.9 Å². The van der Waals surface area contributed by atoms with Crippen LogP contribution in [0, 0.1) is 0 Å². The molecule has 0 aliphatic rings. The number of ether oxygens (including phenoxy) is 1. The van der Waals surface area contributed by atoms with Crippen molar-refractivity contribution < 1.29 is 9.53 Å². The molecule has 2 rings (SSSR count). The highest BCUT2D eigenvalue weighted by Gasteiger charge is 2.07. The molecule has 1 aromatic carbocycles. The van der Waals surface area contributed by atoms with E-state index in [1.165, 1.54) is 23.1 Å². The van der Waals surface area contributed by atoms with Gasteiger partial charge in [0.2, 0.25) is 11.0 Å². The Labute approximate surface area is 154 Å². The van der Waals surface area contributed by atoms with Crippen molar-refractivity contribution in [2.45, 2.75) is 17.7 Å². The quantitative estimate of drug-likeness (QED) is 0.482. The van der Waals surface area contributed by atoms with Gasteiger partial charge < -0.3 is 15.4 Å². The largest absolute Gasteiger partial charge is 0.492 e. The topological polar surface area (TPSA) is 76.1 Å². The SMILES string of the molecule is CCCNc1nnc(SCC(=O)NCCOc2ccc(Cl)cc2)s1. The van der Waals surface area contributed by atoms with E-state index in [4.69, 9.17) is 16.3 Å². The molecule has 1 aromatic heterocycles. The molecule has 2 aromatic rings. The van der Waals surface area contributed by atoms with Crippen LogP contribution in [0.1, 0.15) is 13.3 Å². The van der Waals surface area contributed by atoms with E-state index in [9.17, 15) is 4.79 Å². The Morgan fingerprint density at radius 3 is 2.83 bits per heavy atom.